The Hall–Kier alpha value is -3.59. The number of hydrogen-bond acceptors (Lipinski definition) is 3. The van der Waals surface area contributed by atoms with Crippen molar-refractivity contribution in [2.45, 2.75) is 38.5 Å². The van der Waals surface area contributed by atoms with Crippen molar-refractivity contribution in [3.8, 4) is 0 Å². The Labute approximate surface area is 231 Å². The molecule has 0 atom stereocenters. The van der Waals surface area contributed by atoms with E-state index >= 15 is 0 Å². The van der Waals surface area contributed by atoms with Crippen molar-refractivity contribution in [3.05, 3.63) is 149 Å². The molecular weight excluding hydrogens is 500 g/mol. The number of Topliss-reactive ketones (excluding diaryl/α,β-unsaturated/α-hetero) is 1. The van der Waals surface area contributed by atoms with E-state index in [4.69, 9.17) is 0 Å². The summed E-state index contributed by atoms with van der Waals surface area (Å²) in [6.45, 7) is 0. The molecule has 2 aromatic carbocycles. The van der Waals surface area contributed by atoms with Gasteiger partial charge in [0.05, 0.1) is 0 Å². The fourth-order valence-electron chi connectivity index (χ4n) is 3.77. The summed E-state index contributed by atoms with van der Waals surface area (Å²) in [7, 11) is 0. The van der Waals surface area contributed by atoms with E-state index < -0.39 is 0 Å². The minimum Gasteiger partial charge on any atom is -0.875 e. The van der Waals surface area contributed by atoms with Gasteiger partial charge in [-0.15, -0.1) is 11.5 Å². The molecule has 2 aliphatic carbocycles. The van der Waals surface area contributed by atoms with E-state index in [1.54, 1.807) is 6.08 Å². The minimum absolute atomic E-state index is 0. The van der Waals surface area contributed by atoms with Gasteiger partial charge in [0.1, 0.15) is 0 Å². The average Bonchev–Trinajstić information content (AvgIpc) is 3.66. The SMILES string of the molecule is O=C(CCCCCCC([O-])=C1C=CC=C1)c1ccccc1.[Fe+2].[O-]C(C=Cc1ccccc1)=C1C=CC=C1. The molecule has 0 bridgehead atoms. The molecule has 190 valence electrons. The van der Waals surface area contributed by atoms with Crippen LogP contribution in [0.4, 0.5) is 0 Å². The summed E-state index contributed by atoms with van der Waals surface area (Å²) in [5.74, 6) is 0.479. The third kappa shape index (κ3) is 10.9. The minimum atomic E-state index is 0. The number of carbonyl (C=O) groups is 1. The van der Waals surface area contributed by atoms with Gasteiger partial charge in [-0.2, -0.15) is 0 Å². The maximum Gasteiger partial charge on any atom is 2.00 e. The summed E-state index contributed by atoms with van der Waals surface area (Å²) in [4.78, 5) is 11.9. The molecule has 0 heterocycles. The quantitative estimate of drug-likeness (QED) is 0.154. The predicted molar refractivity (Wildman–Crippen MR) is 145 cm³/mol. The molecular formula is C33H32FeO3. The summed E-state index contributed by atoms with van der Waals surface area (Å²) in [5, 5.41) is 23.4. The zero-order valence-electron chi connectivity index (χ0n) is 20.9. The Morgan fingerprint density at radius 1 is 0.649 bits per heavy atom. The largest absolute Gasteiger partial charge is 2.00 e. The molecule has 0 fully saturated rings. The molecule has 0 unspecified atom stereocenters. The molecule has 0 saturated carbocycles. The van der Waals surface area contributed by atoms with Gasteiger partial charge in [-0.1, -0.05) is 141 Å². The molecule has 0 aliphatic heterocycles. The smallest absolute Gasteiger partial charge is 0.875 e. The topological polar surface area (TPSA) is 63.2 Å². The van der Waals surface area contributed by atoms with Crippen LogP contribution in [-0.4, -0.2) is 5.78 Å². The number of benzene rings is 2. The Morgan fingerprint density at radius 3 is 1.76 bits per heavy atom. The van der Waals surface area contributed by atoms with Gasteiger partial charge in [0.2, 0.25) is 0 Å². The van der Waals surface area contributed by atoms with E-state index in [1.165, 1.54) is 0 Å². The van der Waals surface area contributed by atoms with Crippen LogP contribution in [0.15, 0.2) is 138 Å². The van der Waals surface area contributed by atoms with Crippen molar-refractivity contribution in [3.63, 3.8) is 0 Å². The number of unbranched alkanes of at least 4 members (excludes halogenated alkanes) is 3. The van der Waals surface area contributed by atoms with Gasteiger partial charge >= 0.3 is 17.1 Å². The van der Waals surface area contributed by atoms with Crippen LogP contribution in [-0.2, 0) is 17.1 Å². The molecule has 3 nitrogen and oxygen atoms in total. The molecule has 0 saturated heterocycles. The van der Waals surface area contributed by atoms with Gasteiger partial charge in [-0.3, -0.25) is 4.79 Å². The van der Waals surface area contributed by atoms with Gasteiger partial charge in [0.25, 0.3) is 0 Å². The number of allylic oxidation sites excluding steroid dienone is 12. The number of carbonyl (C=O) groups excluding carboxylic acids is 1. The van der Waals surface area contributed by atoms with Crippen molar-refractivity contribution in [1.82, 2.24) is 0 Å². The fraction of sp³-hybridized carbons (Fsp3) is 0.182. The molecule has 0 radical (unpaired) electrons. The van der Waals surface area contributed by atoms with E-state index in [9.17, 15) is 15.0 Å². The van der Waals surface area contributed by atoms with E-state index in [-0.39, 0.29) is 34.4 Å². The van der Waals surface area contributed by atoms with Crippen LogP contribution in [0.1, 0.15) is 54.4 Å². The van der Waals surface area contributed by atoms with Crippen molar-refractivity contribution in [2.75, 3.05) is 0 Å². The molecule has 2 aliphatic rings. The zero-order valence-corrected chi connectivity index (χ0v) is 22.0. The molecule has 4 rings (SSSR count). The number of hydrogen-bond donors (Lipinski definition) is 0. The molecule has 0 spiro atoms. The van der Waals surface area contributed by atoms with Crippen LogP contribution in [0.3, 0.4) is 0 Å². The molecule has 4 heteroatoms. The average molecular weight is 532 g/mol. The van der Waals surface area contributed by atoms with E-state index in [2.05, 4.69) is 0 Å². The van der Waals surface area contributed by atoms with Crippen LogP contribution in [0, 0.1) is 0 Å². The molecule has 2 aromatic rings. The van der Waals surface area contributed by atoms with Crippen LogP contribution >= 0.6 is 0 Å². The first-order valence-corrected chi connectivity index (χ1v) is 12.5. The maximum atomic E-state index is 11.9. The van der Waals surface area contributed by atoms with E-state index in [0.29, 0.717) is 12.8 Å². The normalized spacial score (nSPS) is 13.0. The third-order valence-corrected chi connectivity index (χ3v) is 5.81. The van der Waals surface area contributed by atoms with Crippen molar-refractivity contribution < 1.29 is 32.1 Å². The maximum absolute atomic E-state index is 11.9. The van der Waals surface area contributed by atoms with E-state index in [0.717, 1.165) is 48.0 Å². The van der Waals surface area contributed by atoms with Gasteiger partial charge < -0.3 is 10.2 Å². The second-order valence-corrected chi connectivity index (χ2v) is 8.58. The Bertz CT molecular complexity index is 1170. The molecule has 0 amide bonds. The second-order valence-electron chi connectivity index (χ2n) is 8.58. The van der Waals surface area contributed by atoms with Gasteiger partial charge in [0.15, 0.2) is 5.78 Å². The molecule has 0 N–H and O–H groups in total. The second kappa shape index (κ2) is 17.0. The molecule has 37 heavy (non-hydrogen) atoms. The zero-order chi connectivity index (χ0) is 25.4. The first-order chi connectivity index (χ1) is 17.6. The Balaban J connectivity index is 0.000000266. The fourth-order valence-corrected chi connectivity index (χ4v) is 3.77. The predicted octanol–water partition coefficient (Wildman–Crippen LogP) is 6.39. The van der Waals surface area contributed by atoms with Gasteiger partial charge in [0, 0.05) is 12.0 Å². The first kappa shape index (κ1) is 29.6. The van der Waals surface area contributed by atoms with E-state index in [1.807, 2.05) is 115 Å². The van der Waals surface area contributed by atoms with Crippen LogP contribution in [0.2, 0.25) is 0 Å². The summed E-state index contributed by atoms with van der Waals surface area (Å²) in [6.07, 6.45) is 23.3. The van der Waals surface area contributed by atoms with Gasteiger partial charge in [-0.25, -0.2) is 0 Å². The standard InChI is InChI=1S/C19H22O2.C14H12O.Fe/c20-18(16-10-4-3-5-11-16)14-6-1-2-7-15-19(21)17-12-8-9-13-17;15-14(13-8-4-5-9-13)11-10-12-6-2-1-3-7-12;/h3-5,8-13,21H,1-2,6-7,14-15H2;1-11,15H;/q;;+2/p-2. The van der Waals surface area contributed by atoms with Crippen molar-refractivity contribution in [1.29, 1.82) is 0 Å². The van der Waals surface area contributed by atoms with Crippen LogP contribution in [0.5, 0.6) is 0 Å². The Kier molecular flexibility index (Phi) is 13.6. The van der Waals surface area contributed by atoms with Crippen molar-refractivity contribution in [2.24, 2.45) is 0 Å². The first-order valence-electron chi connectivity index (χ1n) is 12.5. The summed E-state index contributed by atoms with van der Waals surface area (Å²) in [6, 6.07) is 19.2. The number of ketones is 1. The van der Waals surface area contributed by atoms with Crippen LogP contribution < -0.4 is 10.2 Å². The Morgan fingerprint density at radius 2 is 1.16 bits per heavy atom. The number of rotatable bonds is 10. The summed E-state index contributed by atoms with van der Waals surface area (Å²) >= 11 is 0. The summed E-state index contributed by atoms with van der Waals surface area (Å²) in [5.41, 5.74) is 3.39. The van der Waals surface area contributed by atoms with Crippen LogP contribution in [0.25, 0.3) is 6.08 Å². The summed E-state index contributed by atoms with van der Waals surface area (Å²) < 4.78 is 0. The third-order valence-electron chi connectivity index (χ3n) is 5.81. The molecule has 0 aromatic heterocycles. The van der Waals surface area contributed by atoms with Crippen molar-refractivity contribution >= 4 is 11.9 Å². The monoisotopic (exact) mass is 532 g/mol. The van der Waals surface area contributed by atoms with Gasteiger partial charge in [-0.05, 0) is 29.6 Å².